The Balaban J connectivity index is 1.26. The number of carbonyl (C=O) groups excluding carboxylic acids is 3. The number of nitrogens with zero attached hydrogens (tertiary/aromatic N) is 3. The van der Waals surface area contributed by atoms with E-state index in [9.17, 15) is 13.6 Å². The number of quaternary nitrogens is 2. The van der Waals surface area contributed by atoms with Crippen molar-refractivity contribution in [2.45, 2.75) is 74.7 Å². The van der Waals surface area contributed by atoms with E-state index in [1.807, 2.05) is 48.6 Å². The number of rotatable bonds is 6. The van der Waals surface area contributed by atoms with Crippen molar-refractivity contribution in [3.8, 4) is 0 Å². The summed E-state index contributed by atoms with van der Waals surface area (Å²) in [5.74, 6) is -3.65. The lowest BCUT2D eigenvalue weighted by Crippen LogP contribution is -2.93. The predicted octanol–water partition coefficient (Wildman–Crippen LogP) is 3.15. The average molecular weight is 639 g/mol. The lowest BCUT2D eigenvalue weighted by molar-refractivity contribution is -0.899. The summed E-state index contributed by atoms with van der Waals surface area (Å²) < 4.78 is 28.9. The minimum Gasteiger partial charge on any atom is -0.402 e. The van der Waals surface area contributed by atoms with Gasteiger partial charge in [-0.3, -0.25) is 24.3 Å². The minimum atomic E-state index is -2.83. The fourth-order valence-electron chi connectivity index (χ4n) is 9.19. The van der Waals surface area contributed by atoms with Crippen molar-refractivity contribution in [3.05, 3.63) is 94.4 Å². The first-order valence-corrected chi connectivity index (χ1v) is 16.4. The van der Waals surface area contributed by atoms with Crippen LogP contribution in [-0.2, 0) is 20.9 Å². The summed E-state index contributed by atoms with van der Waals surface area (Å²) in [6, 6.07) is 10.4. The second-order valence-corrected chi connectivity index (χ2v) is 14.4. The molecule has 2 aromatic carbocycles. The first-order chi connectivity index (χ1) is 22.6. The van der Waals surface area contributed by atoms with E-state index in [2.05, 4.69) is 0 Å². The Morgan fingerprint density at radius 2 is 1.85 bits per heavy atom. The highest BCUT2D eigenvalue weighted by Gasteiger charge is 2.77. The van der Waals surface area contributed by atoms with Gasteiger partial charge < -0.3 is 11.1 Å². The molecule has 2 saturated heterocycles. The van der Waals surface area contributed by atoms with Crippen molar-refractivity contribution in [2.24, 2.45) is 5.73 Å². The summed E-state index contributed by atoms with van der Waals surface area (Å²) in [5.41, 5.74) is 11.1. The number of alkyl halides is 2. The van der Waals surface area contributed by atoms with Crippen molar-refractivity contribution in [1.29, 1.82) is 5.41 Å². The molecule has 47 heavy (non-hydrogen) atoms. The number of nitrogens with one attached hydrogen (secondary N) is 2. The van der Waals surface area contributed by atoms with Gasteiger partial charge in [-0.25, -0.2) is 18.1 Å². The zero-order valence-corrected chi connectivity index (χ0v) is 25.8. The topological polar surface area (TPSA) is 112 Å². The predicted molar refractivity (Wildman–Crippen MR) is 169 cm³/mol. The van der Waals surface area contributed by atoms with E-state index in [0.717, 1.165) is 28.1 Å². The second-order valence-electron chi connectivity index (χ2n) is 14.4. The lowest BCUT2D eigenvalue weighted by atomic mass is 9.80. The number of nitrogens with two attached hydrogens (primary N) is 1. The Labute approximate surface area is 270 Å². The third-order valence-corrected chi connectivity index (χ3v) is 11.6. The molecule has 5 unspecified atom stereocenters. The summed E-state index contributed by atoms with van der Waals surface area (Å²) in [6.07, 6.45) is 8.45. The van der Waals surface area contributed by atoms with Crippen LogP contribution in [0.5, 0.6) is 0 Å². The van der Waals surface area contributed by atoms with E-state index in [-0.39, 0.29) is 48.0 Å². The van der Waals surface area contributed by atoms with Crippen LogP contribution in [0, 0.1) is 5.41 Å². The molecule has 7 aliphatic rings. The number of amides is 3. The summed E-state index contributed by atoms with van der Waals surface area (Å²) >= 11 is 0. The van der Waals surface area contributed by atoms with Crippen LogP contribution in [0.2, 0.25) is 0 Å². The van der Waals surface area contributed by atoms with Crippen molar-refractivity contribution in [3.63, 3.8) is 0 Å². The molecule has 4 N–H and O–H groups in total. The maximum atomic E-state index is 15.4. The third-order valence-electron chi connectivity index (χ3n) is 11.6. The SMILES string of the molecule is N=Cc1cccc2c1[NH+]1CC13CC(=O)N(C1=CCCC(N)=C1)C3C(=O)N2C1C(=O)[N+](CC2=CC2)(C2CC(F)(F)C2)Cc2ccccc21. The van der Waals surface area contributed by atoms with Crippen LogP contribution in [-0.4, -0.2) is 70.0 Å². The molecule has 2 aromatic rings. The number of benzene rings is 2. The van der Waals surface area contributed by atoms with Gasteiger partial charge in [0, 0.05) is 23.2 Å². The monoisotopic (exact) mass is 638 g/mol. The van der Waals surface area contributed by atoms with E-state index >= 15 is 9.59 Å². The molecular formula is C36H36F2N6O3+2. The molecule has 1 saturated carbocycles. The summed E-state index contributed by atoms with van der Waals surface area (Å²) in [5, 5.41) is 8.31. The smallest absolute Gasteiger partial charge is 0.342 e. The molecule has 1 spiro atoms. The number of para-hydroxylation sites is 1. The number of allylic oxidation sites excluding steroid dienone is 4. The van der Waals surface area contributed by atoms with Gasteiger partial charge in [-0.1, -0.05) is 42.5 Å². The number of fused-ring (bicyclic) bond motifs is 3. The molecule has 3 amide bonds. The van der Waals surface area contributed by atoms with Gasteiger partial charge in [-0.05, 0) is 48.6 Å². The molecule has 4 heterocycles. The number of likely N-dealkylation sites (tertiary alicyclic amines) is 1. The quantitative estimate of drug-likeness (QED) is 0.195. The number of hydrogen-bond donors (Lipinski definition) is 3. The van der Waals surface area contributed by atoms with Crippen LogP contribution in [0.25, 0.3) is 0 Å². The highest BCUT2D eigenvalue weighted by molar-refractivity contribution is 6.10. The van der Waals surface area contributed by atoms with Crippen LogP contribution in [0.15, 0.2) is 77.7 Å². The Hall–Kier alpha value is -4.48. The molecule has 11 heteroatoms. The summed E-state index contributed by atoms with van der Waals surface area (Å²) in [6.45, 7) is 1.15. The molecule has 3 aliphatic carbocycles. The maximum Gasteiger partial charge on any atom is 0.342 e. The van der Waals surface area contributed by atoms with Crippen molar-refractivity contribution in [2.75, 3.05) is 18.0 Å². The molecule has 240 valence electrons. The Kier molecular flexibility index (Phi) is 5.83. The normalized spacial score (nSPS) is 33.4. The van der Waals surface area contributed by atoms with Crippen LogP contribution in [0.1, 0.15) is 61.3 Å². The Morgan fingerprint density at radius 3 is 2.57 bits per heavy atom. The average Bonchev–Trinajstić information content (AvgIpc) is 3.95. The minimum absolute atomic E-state index is 0.143. The van der Waals surface area contributed by atoms with Gasteiger partial charge >= 0.3 is 5.91 Å². The van der Waals surface area contributed by atoms with Crippen molar-refractivity contribution in [1.82, 2.24) is 4.90 Å². The number of halogens is 2. The van der Waals surface area contributed by atoms with E-state index in [1.54, 1.807) is 21.9 Å². The van der Waals surface area contributed by atoms with Gasteiger partial charge in [0.25, 0.3) is 11.8 Å². The van der Waals surface area contributed by atoms with Crippen LogP contribution >= 0.6 is 0 Å². The first-order valence-electron chi connectivity index (χ1n) is 16.4. The van der Waals surface area contributed by atoms with Crippen molar-refractivity contribution >= 4 is 35.3 Å². The fourth-order valence-corrected chi connectivity index (χ4v) is 9.19. The highest BCUT2D eigenvalue weighted by atomic mass is 19.3. The van der Waals surface area contributed by atoms with Gasteiger partial charge in [0.05, 0.1) is 24.8 Å². The lowest BCUT2D eigenvalue weighted by Gasteiger charge is -2.53. The van der Waals surface area contributed by atoms with Crippen LogP contribution in [0.3, 0.4) is 0 Å². The number of carbonyl (C=O) groups is 3. The summed E-state index contributed by atoms with van der Waals surface area (Å²) in [4.78, 5) is 48.8. The van der Waals surface area contributed by atoms with Gasteiger partial charge in [0.1, 0.15) is 31.4 Å². The molecule has 0 aromatic heterocycles. The van der Waals surface area contributed by atoms with Crippen molar-refractivity contribution < 1.29 is 32.5 Å². The van der Waals surface area contributed by atoms with Crippen LogP contribution < -0.4 is 15.5 Å². The van der Waals surface area contributed by atoms with Gasteiger partial charge in [0.2, 0.25) is 5.91 Å². The zero-order valence-electron chi connectivity index (χ0n) is 25.8. The maximum absolute atomic E-state index is 15.4. The van der Waals surface area contributed by atoms with E-state index in [4.69, 9.17) is 11.1 Å². The van der Waals surface area contributed by atoms with Gasteiger partial charge in [0.15, 0.2) is 23.3 Å². The molecule has 9 rings (SSSR count). The molecule has 0 radical (unpaired) electrons. The molecule has 5 atom stereocenters. The number of anilines is 1. The van der Waals surface area contributed by atoms with E-state index in [0.29, 0.717) is 54.1 Å². The molecule has 9 nitrogen and oxygen atoms in total. The van der Waals surface area contributed by atoms with Gasteiger partial charge in [-0.2, -0.15) is 0 Å². The molecule has 3 fully saturated rings. The van der Waals surface area contributed by atoms with Crippen LogP contribution in [0.4, 0.5) is 20.2 Å². The highest BCUT2D eigenvalue weighted by Crippen LogP contribution is 2.53. The molecule has 4 aliphatic heterocycles. The zero-order chi connectivity index (χ0) is 32.5. The third kappa shape index (κ3) is 3.99. The standard InChI is InChI=1S/C36H35F2N6O3/c37-36(38)14-26(15-36)44(18-21-11-12-21)19-23-5-1-2-9-27(23)31(34(44)47)43-28-10-3-6-22(17-39)30(28)41-20-35(41)16-29(45)42(32(35)33(43)46)25-8-4-7-24(40)13-25/h1-3,5-6,8-11,13,17,26,31-32,39H,4,7,12,14-16,18-20,40H2/q+1/p+1. The van der Waals surface area contributed by atoms with Gasteiger partial charge in [-0.15, -0.1) is 0 Å². The molecule has 0 bridgehead atoms. The largest absolute Gasteiger partial charge is 0.402 e. The van der Waals surface area contributed by atoms with E-state index < -0.39 is 29.6 Å². The fraction of sp³-hybridized carbons (Fsp3) is 0.389. The summed E-state index contributed by atoms with van der Waals surface area (Å²) in [7, 11) is 0. The number of hydrogen-bond acceptors (Lipinski definition) is 5. The first kappa shape index (κ1) is 28.7. The Morgan fingerprint density at radius 1 is 1.06 bits per heavy atom. The Bertz CT molecular complexity index is 1910. The molecular weight excluding hydrogens is 602 g/mol. The van der Waals surface area contributed by atoms with E-state index in [1.165, 1.54) is 6.21 Å². The second kappa shape index (κ2) is 9.54.